The second-order valence-corrected chi connectivity index (χ2v) is 9.69. The summed E-state index contributed by atoms with van der Waals surface area (Å²) in [6.45, 7) is 10.8. The van der Waals surface area contributed by atoms with Crippen LogP contribution in [0.1, 0.15) is 49.3 Å². The first-order valence-electron chi connectivity index (χ1n) is 12.3. The largest absolute Gasteiger partial charge is 0.505 e. The normalized spacial score (nSPS) is 10.8. The Morgan fingerprint density at radius 1 is 1.08 bits per heavy atom. The van der Waals surface area contributed by atoms with Crippen LogP contribution >= 0.6 is 0 Å². The quantitative estimate of drug-likeness (QED) is 0.375. The maximum Gasteiger partial charge on any atom is 0.322 e. The van der Waals surface area contributed by atoms with Crippen LogP contribution in [0.5, 0.6) is 11.5 Å². The molecule has 0 fully saturated rings. The molecule has 1 aromatic heterocycles. The molecule has 8 nitrogen and oxygen atoms in total. The summed E-state index contributed by atoms with van der Waals surface area (Å²) in [5.41, 5.74) is 4.25. The predicted molar refractivity (Wildman–Crippen MR) is 148 cm³/mol. The molecule has 2 aromatic carbocycles. The van der Waals surface area contributed by atoms with Gasteiger partial charge in [-0.15, -0.1) is 0 Å². The Balaban J connectivity index is 1.77. The number of carboxylic acid groups (broad SMARTS) is 1. The van der Waals surface area contributed by atoms with Crippen LogP contribution in [0.15, 0.2) is 54.7 Å². The van der Waals surface area contributed by atoms with Crippen LogP contribution in [0.4, 0.5) is 5.69 Å². The van der Waals surface area contributed by atoms with E-state index in [-0.39, 0.29) is 17.0 Å². The van der Waals surface area contributed by atoms with Gasteiger partial charge in [0.1, 0.15) is 18.0 Å². The number of nitrogens with zero attached hydrogens (tertiary/aromatic N) is 2. The molecule has 3 N–H and O–H groups in total. The molecule has 3 aromatic rings. The first-order valence-corrected chi connectivity index (χ1v) is 12.3. The fraction of sp³-hybridized carbons (Fsp3) is 0.300. The highest BCUT2D eigenvalue weighted by atomic mass is 16.5. The monoisotopic (exact) mass is 515 g/mol. The second kappa shape index (κ2) is 12.2. The topological polar surface area (TPSA) is 112 Å². The second-order valence-electron chi connectivity index (χ2n) is 9.69. The number of rotatable bonds is 8. The molecule has 8 heteroatoms. The molecule has 0 aliphatic heterocycles. The van der Waals surface area contributed by atoms with Crippen molar-refractivity contribution in [3.8, 4) is 34.5 Å². The van der Waals surface area contributed by atoms with Crippen LogP contribution in [0, 0.1) is 18.8 Å². The van der Waals surface area contributed by atoms with Gasteiger partial charge >= 0.3 is 5.97 Å². The molecule has 3 rings (SSSR count). The standard InChI is InChI=1S/C30H33N3O5/c1-6-38-26-17-23(10-9-20(26)2)22-11-13-24(14-12-22)33(30(3,4)5)15-7-8-21-16-25(34)28(31-18-21)29(37)32-19-27(35)36/h9-14,16-18,34H,6,15,19H2,1-5H3,(H,32,37)(H,35,36). The van der Waals surface area contributed by atoms with Gasteiger partial charge in [-0.3, -0.25) is 9.59 Å². The van der Waals surface area contributed by atoms with Crippen molar-refractivity contribution in [1.29, 1.82) is 0 Å². The van der Waals surface area contributed by atoms with Gasteiger partial charge in [-0.2, -0.15) is 0 Å². The number of hydrogen-bond acceptors (Lipinski definition) is 6. The van der Waals surface area contributed by atoms with Gasteiger partial charge in [0.15, 0.2) is 5.69 Å². The molecule has 0 aliphatic rings. The van der Waals surface area contributed by atoms with Crippen LogP contribution in [-0.2, 0) is 4.79 Å². The number of pyridine rings is 1. The number of aryl methyl sites for hydroxylation is 1. The zero-order valence-corrected chi connectivity index (χ0v) is 22.3. The number of carboxylic acids is 1. The van der Waals surface area contributed by atoms with Gasteiger partial charge in [0, 0.05) is 23.0 Å². The van der Waals surface area contributed by atoms with E-state index in [2.05, 4.69) is 90.3 Å². The van der Waals surface area contributed by atoms with Crippen LogP contribution < -0.4 is 15.0 Å². The summed E-state index contributed by atoms with van der Waals surface area (Å²) in [6.07, 6.45) is 1.37. The van der Waals surface area contributed by atoms with Crippen molar-refractivity contribution in [3.05, 3.63) is 71.5 Å². The van der Waals surface area contributed by atoms with E-state index in [1.807, 2.05) is 13.8 Å². The van der Waals surface area contributed by atoms with E-state index >= 15 is 0 Å². The van der Waals surface area contributed by atoms with Crippen molar-refractivity contribution in [2.45, 2.75) is 40.2 Å². The van der Waals surface area contributed by atoms with Gasteiger partial charge in [0.2, 0.25) is 0 Å². The number of hydrogen-bond donors (Lipinski definition) is 3. The molecule has 0 radical (unpaired) electrons. The predicted octanol–water partition coefficient (Wildman–Crippen LogP) is 4.63. The zero-order valence-electron chi connectivity index (χ0n) is 22.3. The lowest BCUT2D eigenvalue weighted by atomic mass is 10.0. The SMILES string of the molecule is CCOc1cc(-c2ccc(N(CC#Cc3cnc(C(=O)NCC(=O)O)c(O)c3)C(C)(C)C)cc2)ccc1C. The van der Waals surface area contributed by atoms with Gasteiger partial charge in [-0.1, -0.05) is 36.1 Å². The lowest BCUT2D eigenvalue weighted by Gasteiger charge is -2.36. The number of amides is 1. The highest BCUT2D eigenvalue weighted by Crippen LogP contribution is 2.30. The summed E-state index contributed by atoms with van der Waals surface area (Å²) < 4.78 is 5.75. The molecule has 0 saturated heterocycles. The minimum atomic E-state index is -1.19. The fourth-order valence-electron chi connectivity index (χ4n) is 3.80. The Morgan fingerprint density at radius 2 is 1.76 bits per heavy atom. The molecular formula is C30H33N3O5. The lowest BCUT2D eigenvalue weighted by Crippen LogP contribution is -2.41. The minimum Gasteiger partial charge on any atom is -0.505 e. The summed E-state index contributed by atoms with van der Waals surface area (Å²) in [5.74, 6) is 4.66. The molecule has 0 unspecified atom stereocenters. The van der Waals surface area contributed by atoms with E-state index in [0.29, 0.717) is 18.7 Å². The van der Waals surface area contributed by atoms with E-state index in [9.17, 15) is 14.7 Å². The van der Waals surface area contributed by atoms with Crippen molar-refractivity contribution in [2.24, 2.45) is 0 Å². The summed E-state index contributed by atoms with van der Waals surface area (Å²) in [5, 5.41) is 21.0. The smallest absolute Gasteiger partial charge is 0.322 e. The fourth-order valence-corrected chi connectivity index (χ4v) is 3.80. The van der Waals surface area contributed by atoms with E-state index in [0.717, 1.165) is 28.1 Å². The van der Waals surface area contributed by atoms with Gasteiger partial charge in [0.05, 0.1) is 13.2 Å². The van der Waals surface area contributed by atoms with E-state index in [1.165, 1.54) is 12.3 Å². The molecule has 198 valence electrons. The zero-order chi connectivity index (χ0) is 27.9. The van der Waals surface area contributed by atoms with Crippen molar-refractivity contribution in [3.63, 3.8) is 0 Å². The first-order chi connectivity index (χ1) is 18.0. The molecule has 1 amide bonds. The molecule has 0 bridgehead atoms. The van der Waals surface area contributed by atoms with E-state index in [1.54, 1.807) is 0 Å². The number of nitrogens with one attached hydrogen (secondary N) is 1. The van der Waals surface area contributed by atoms with Crippen LogP contribution in [-0.4, -0.2) is 52.3 Å². The van der Waals surface area contributed by atoms with E-state index in [4.69, 9.17) is 9.84 Å². The average Bonchev–Trinajstić information content (AvgIpc) is 2.86. The molecule has 1 heterocycles. The molecule has 38 heavy (non-hydrogen) atoms. The number of carbonyl (C=O) groups is 2. The third-order valence-corrected chi connectivity index (χ3v) is 5.76. The Morgan fingerprint density at radius 3 is 2.37 bits per heavy atom. The maximum absolute atomic E-state index is 12.0. The number of ether oxygens (including phenoxy) is 1. The third kappa shape index (κ3) is 7.26. The summed E-state index contributed by atoms with van der Waals surface area (Å²) in [7, 11) is 0. The van der Waals surface area contributed by atoms with Crippen LogP contribution in [0.25, 0.3) is 11.1 Å². The first kappa shape index (κ1) is 28.1. The Hall–Kier alpha value is -4.51. The van der Waals surface area contributed by atoms with Gasteiger partial charge < -0.3 is 25.2 Å². The van der Waals surface area contributed by atoms with Crippen molar-refractivity contribution in [2.75, 3.05) is 24.6 Å². The highest BCUT2D eigenvalue weighted by molar-refractivity contribution is 5.96. The number of aromatic hydroxyl groups is 1. The van der Waals surface area contributed by atoms with Crippen molar-refractivity contribution < 1.29 is 24.5 Å². The number of carbonyl (C=O) groups excluding carboxylic acids is 1. The van der Waals surface area contributed by atoms with Crippen molar-refractivity contribution >= 4 is 17.6 Å². The number of benzene rings is 2. The molecule has 0 spiro atoms. The Bertz CT molecular complexity index is 1370. The Kier molecular flexibility index (Phi) is 8.98. The van der Waals surface area contributed by atoms with Crippen LogP contribution in [0.3, 0.4) is 0 Å². The number of aromatic nitrogens is 1. The summed E-state index contributed by atoms with van der Waals surface area (Å²) in [6, 6.07) is 15.9. The third-order valence-electron chi connectivity index (χ3n) is 5.76. The summed E-state index contributed by atoms with van der Waals surface area (Å²) >= 11 is 0. The molecule has 0 saturated carbocycles. The average molecular weight is 516 g/mol. The number of aliphatic carboxylic acids is 1. The lowest BCUT2D eigenvalue weighted by molar-refractivity contribution is -0.135. The molecule has 0 atom stereocenters. The van der Waals surface area contributed by atoms with Gasteiger partial charge in [-0.25, -0.2) is 4.98 Å². The van der Waals surface area contributed by atoms with Gasteiger partial charge in [-0.05, 0) is 75.6 Å². The number of anilines is 1. The Labute approximate surface area is 223 Å². The highest BCUT2D eigenvalue weighted by Gasteiger charge is 2.21. The minimum absolute atomic E-state index is 0.214. The maximum atomic E-state index is 12.0. The van der Waals surface area contributed by atoms with Gasteiger partial charge in [0.25, 0.3) is 5.91 Å². The van der Waals surface area contributed by atoms with E-state index < -0.39 is 18.4 Å². The van der Waals surface area contributed by atoms with Crippen LogP contribution in [0.2, 0.25) is 0 Å². The molecule has 0 aliphatic carbocycles. The summed E-state index contributed by atoms with van der Waals surface area (Å²) in [4.78, 5) is 28.7. The van der Waals surface area contributed by atoms with Crippen molar-refractivity contribution in [1.82, 2.24) is 10.3 Å². The molecular weight excluding hydrogens is 482 g/mol.